The molecule has 0 aromatic rings. The van der Waals surface area contributed by atoms with Crippen molar-refractivity contribution in [3.05, 3.63) is 24.3 Å². The normalized spacial score (nSPS) is 18.2. The van der Waals surface area contributed by atoms with E-state index < -0.39 is 0 Å². The van der Waals surface area contributed by atoms with Crippen LogP contribution >= 0.6 is 0 Å². The van der Waals surface area contributed by atoms with Crippen molar-refractivity contribution in [2.75, 3.05) is 0 Å². The van der Waals surface area contributed by atoms with Gasteiger partial charge >= 0.3 is 0 Å². The van der Waals surface area contributed by atoms with Crippen molar-refractivity contribution in [2.45, 2.75) is 32.7 Å². The molecule has 1 heteroatoms. The van der Waals surface area contributed by atoms with Gasteiger partial charge in [0.2, 0.25) is 0 Å². The third kappa shape index (κ3) is 2.36. The number of nitrogens with two attached hydrogens (primary N) is 1. The van der Waals surface area contributed by atoms with Crippen LogP contribution in [0.4, 0.5) is 0 Å². The maximum Gasteiger partial charge on any atom is 0.0337 e. The Hall–Kier alpha value is -0.560. The standard InChI is InChI=1S/C9H17N/c1-5-7-8(3)9(4,10)6-2/h5,7H,1,6,10H2,2-4H3/b8-7+/t9-/m1/s1. The van der Waals surface area contributed by atoms with Crippen LogP contribution in [0.25, 0.3) is 0 Å². The molecule has 0 rings (SSSR count). The predicted octanol–water partition coefficient (Wildman–Crippen LogP) is 2.25. The lowest BCUT2D eigenvalue weighted by atomic mass is 9.91. The highest BCUT2D eigenvalue weighted by atomic mass is 14.7. The van der Waals surface area contributed by atoms with Gasteiger partial charge < -0.3 is 5.73 Å². The summed E-state index contributed by atoms with van der Waals surface area (Å²) >= 11 is 0. The minimum Gasteiger partial charge on any atom is -0.322 e. The topological polar surface area (TPSA) is 26.0 Å². The molecule has 0 saturated heterocycles. The lowest BCUT2D eigenvalue weighted by molar-refractivity contribution is 0.530. The van der Waals surface area contributed by atoms with E-state index in [1.165, 1.54) is 5.57 Å². The highest BCUT2D eigenvalue weighted by Crippen LogP contribution is 2.15. The van der Waals surface area contributed by atoms with Gasteiger partial charge in [-0.15, -0.1) is 0 Å². The molecular formula is C9H17N. The monoisotopic (exact) mass is 139 g/mol. The van der Waals surface area contributed by atoms with Crippen molar-refractivity contribution < 1.29 is 0 Å². The maximum atomic E-state index is 5.93. The van der Waals surface area contributed by atoms with Crippen molar-refractivity contribution >= 4 is 0 Å². The number of hydrogen-bond donors (Lipinski definition) is 1. The second-order valence-corrected chi connectivity index (χ2v) is 2.86. The lowest BCUT2D eigenvalue weighted by Crippen LogP contribution is -2.36. The summed E-state index contributed by atoms with van der Waals surface area (Å²) in [4.78, 5) is 0. The van der Waals surface area contributed by atoms with Crippen molar-refractivity contribution in [2.24, 2.45) is 5.73 Å². The van der Waals surface area contributed by atoms with Gasteiger partial charge in [0.1, 0.15) is 0 Å². The minimum absolute atomic E-state index is 0.159. The molecule has 0 spiro atoms. The molecule has 0 fully saturated rings. The van der Waals surface area contributed by atoms with Crippen LogP contribution in [0.2, 0.25) is 0 Å². The number of allylic oxidation sites excluding steroid dienone is 2. The maximum absolute atomic E-state index is 5.93. The summed E-state index contributed by atoms with van der Waals surface area (Å²) in [6.07, 6.45) is 4.70. The minimum atomic E-state index is -0.159. The van der Waals surface area contributed by atoms with Crippen molar-refractivity contribution in [1.29, 1.82) is 0 Å². The quantitative estimate of drug-likeness (QED) is 0.596. The summed E-state index contributed by atoms with van der Waals surface area (Å²) in [6, 6.07) is 0. The molecule has 10 heavy (non-hydrogen) atoms. The molecular weight excluding hydrogens is 122 g/mol. The fourth-order valence-corrected chi connectivity index (χ4v) is 0.646. The average molecular weight is 139 g/mol. The van der Waals surface area contributed by atoms with Gasteiger partial charge in [-0.2, -0.15) is 0 Å². The molecule has 0 amide bonds. The van der Waals surface area contributed by atoms with E-state index in [0.29, 0.717) is 0 Å². The Morgan fingerprint density at radius 2 is 2.20 bits per heavy atom. The zero-order chi connectivity index (χ0) is 8.20. The van der Waals surface area contributed by atoms with E-state index in [1.807, 2.05) is 19.9 Å². The first-order valence-corrected chi connectivity index (χ1v) is 3.63. The fourth-order valence-electron chi connectivity index (χ4n) is 0.646. The Balaban J connectivity index is 4.31. The molecule has 0 unspecified atom stereocenters. The molecule has 0 radical (unpaired) electrons. The van der Waals surface area contributed by atoms with Gasteiger partial charge in [-0.3, -0.25) is 0 Å². The summed E-state index contributed by atoms with van der Waals surface area (Å²) in [5.74, 6) is 0. The first kappa shape index (κ1) is 9.44. The summed E-state index contributed by atoms with van der Waals surface area (Å²) in [5, 5.41) is 0. The third-order valence-corrected chi connectivity index (χ3v) is 2.00. The van der Waals surface area contributed by atoms with E-state index in [1.54, 1.807) is 6.08 Å². The SMILES string of the molecule is C=C/C=C(\C)[C@](C)(N)CC. The third-order valence-electron chi connectivity index (χ3n) is 2.00. The second-order valence-electron chi connectivity index (χ2n) is 2.86. The van der Waals surface area contributed by atoms with E-state index in [9.17, 15) is 0 Å². The highest BCUT2D eigenvalue weighted by molar-refractivity contribution is 5.19. The molecule has 58 valence electrons. The molecule has 0 aliphatic carbocycles. The Bertz CT molecular complexity index is 143. The Labute approximate surface area is 63.6 Å². The van der Waals surface area contributed by atoms with Gasteiger partial charge in [0.05, 0.1) is 0 Å². The predicted molar refractivity (Wildman–Crippen MR) is 46.8 cm³/mol. The van der Waals surface area contributed by atoms with Gasteiger partial charge in [0, 0.05) is 5.54 Å². The van der Waals surface area contributed by atoms with Crippen LogP contribution in [-0.4, -0.2) is 5.54 Å². The van der Waals surface area contributed by atoms with Gasteiger partial charge in [0.25, 0.3) is 0 Å². The largest absolute Gasteiger partial charge is 0.322 e. The van der Waals surface area contributed by atoms with E-state index in [4.69, 9.17) is 5.73 Å². The van der Waals surface area contributed by atoms with Crippen LogP contribution in [0.3, 0.4) is 0 Å². The van der Waals surface area contributed by atoms with E-state index in [0.717, 1.165) is 6.42 Å². The zero-order valence-electron chi connectivity index (χ0n) is 7.15. The molecule has 0 aromatic heterocycles. The zero-order valence-corrected chi connectivity index (χ0v) is 7.15. The van der Waals surface area contributed by atoms with E-state index >= 15 is 0 Å². The first-order chi connectivity index (χ1) is 4.54. The Morgan fingerprint density at radius 3 is 2.50 bits per heavy atom. The van der Waals surface area contributed by atoms with E-state index in [-0.39, 0.29) is 5.54 Å². The Morgan fingerprint density at radius 1 is 1.70 bits per heavy atom. The lowest BCUT2D eigenvalue weighted by Gasteiger charge is -2.23. The number of rotatable bonds is 3. The van der Waals surface area contributed by atoms with Crippen molar-refractivity contribution in [1.82, 2.24) is 0 Å². The van der Waals surface area contributed by atoms with Gasteiger partial charge in [-0.25, -0.2) is 0 Å². The molecule has 0 heterocycles. The molecule has 0 saturated carbocycles. The highest BCUT2D eigenvalue weighted by Gasteiger charge is 2.16. The molecule has 0 bridgehead atoms. The molecule has 2 N–H and O–H groups in total. The molecule has 1 nitrogen and oxygen atoms in total. The molecule has 0 aliphatic rings. The number of hydrogen-bond acceptors (Lipinski definition) is 1. The van der Waals surface area contributed by atoms with Gasteiger partial charge in [-0.1, -0.05) is 31.2 Å². The summed E-state index contributed by atoms with van der Waals surface area (Å²) in [6.45, 7) is 9.76. The summed E-state index contributed by atoms with van der Waals surface area (Å²) in [7, 11) is 0. The average Bonchev–Trinajstić information content (AvgIpc) is 1.89. The summed E-state index contributed by atoms with van der Waals surface area (Å²) < 4.78 is 0. The molecule has 0 aromatic carbocycles. The van der Waals surface area contributed by atoms with Crippen molar-refractivity contribution in [3.63, 3.8) is 0 Å². The van der Waals surface area contributed by atoms with Crippen molar-refractivity contribution in [3.8, 4) is 0 Å². The van der Waals surface area contributed by atoms with Crippen LogP contribution in [0.5, 0.6) is 0 Å². The smallest absolute Gasteiger partial charge is 0.0337 e. The van der Waals surface area contributed by atoms with Gasteiger partial charge in [0.15, 0.2) is 0 Å². The Kier molecular flexibility index (Phi) is 3.37. The molecule has 1 atom stereocenters. The van der Waals surface area contributed by atoms with E-state index in [2.05, 4.69) is 13.5 Å². The van der Waals surface area contributed by atoms with Crippen LogP contribution in [-0.2, 0) is 0 Å². The second kappa shape index (κ2) is 3.57. The molecule has 0 aliphatic heterocycles. The van der Waals surface area contributed by atoms with Crippen LogP contribution in [0, 0.1) is 0 Å². The fraction of sp³-hybridized carbons (Fsp3) is 0.556. The summed E-state index contributed by atoms with van der Waals surface area (Å²) in [5.41, 5.74) is 6.96. The van der Waals surface area contributed by atoms with Gasteiger partial charge in [-0.05, 0) is 20.3 Å². The van der Waals surface area contributed by atoms with Crippen LogP contribution in [0.1, 0.15) is 27.2 Å². The first-order valence-electron chi connectivity index (χ1n) is 3.63. The van der Waals surface area contributed by atoms with Crippen LogP contribution < -0.4 is 5.73 Å². The van der Waals surface area contributed by atoms with Crippen LogP contribution in [0.15, 0.2) is 24.3 Å².